The van der Waals surface area contributed by atoms with Crippen LogP contribution in [0.15, 0.2) is 18.5 Å². The first-order valence-electron chi connectivity index (χ1n) is 7.41. The molecule has 0 radical (unpaired) electrons. The van der Waals surface area contributed by atoms with E-state index in [4.69, 9.17) is 10.5 Å². The van der Waals surface area contributed by atoms with Gasteiger partial charge >= 0.3 is 5.69 Å². The maximum Gasteiger partial charge on any atom is 0.313 e. The minimum Gasteiger partial charge on any atom is -0.381 e. The maximum atomic E-state index is 13.5. The van der Waals surface area contributed by atoms with Gasteiger partial charge in [-0.15, -0.1) is 0 Å². The molecule has 0 aliphatic carbocycles. The molecule has 9 nitrogen and oxygen atoms in total. The number of anilines is 2. The van der Waals surface area contributed by atoms with Crippen molar-refractivity contribution >= 4 is 17.3 Å². The lowest BCUT2D eigenvalue weighted by atomic mass is 10.2. The van der Waals surface area contributed by atoms with Gasteiger partial charge in [0.25, 0.3) is 0 Å². The first-order valence-corrected chi connectivity index (χ1v) is 7.41. The summed E-state index contributed by atoms with van der Waals surface area (Å²) in [6, 6.07) is 1.49. The topological polar surface area (TPSA) is 112 Å². The van der Waals surface area contributed by atoms with Crippen LogP contribution in [-0.2, 0) is 4.74 Å². The van der Waals surface area contributed by atoms with Crippen molar-refractivity contribution in [2.75, 3.05) is 23.7 Å². The van der Waals surface area contributed by atoms with Crippen LogP contribution >= 0.6 is 0 Å². The average molecular weight is 336 g/mol. The molecule has 0 saturated carbocycles. The van der Waals surface area contributed by atoms with E-state index in [0.717, 1.165) is 17.1 Å². The largest absolute Gasteiger partial charge is 0.381 e. The standard InChI is InChI=1S/C14H17FN6O3/c1-8-6-19(7-9(2)24-8)13-3-11(12(5-17-13)21(22)23)20-14(16)10(15)4-18-20/h3-5,8-9H,6-7,16H2,1-2H3/t8-,9-/m0/s1. The van der Waals surface area contributed by atoms with Gasteiger partial charge in [0, 0.05) is 19.2 Å². The fourth-order valence-electron chi connectivity index (χ4n) is 2.81. The number of aromatic nitrogens is 3. The highest BCUT2D eigenvalue weighted by atomic mass is 19.1. The molecule has 1 fully saturated rings. The second-order valence-electron chi connectivity index (χ2n) is 5.74. The van der Waals surface area contributed by atoms with Crippen LogP contribution in [0, 0.1) is 15.9 Å². The van der Waals surface area contributed by atoms with Crippen molar-refractivity contribution in [2.24, 2.45) is 0 Å². The van der Waals surface area contributed by atoms with Gasteiger partial charge in [-0.25, -0.2) is 14.1 Å². The Morgan fingerprint density at radius 3 is 2.58 bits per heavy atom. The maximum absolute atomic E-state index is 13.5. The lowest BCUT2D eigenvalue weighted by molar-refractivity contribution is -0.384. The van der Waals surface area contributed by atoms with E-state index in [0.29, 0.717) is 18.9 Å². The molecule has 0 amide bonds. The van der Waals surface area contributed by atoms with Crippen molar-refractivity contribution in [3.8, 4) is 5.69 Å². The fourth-order valence-corrected chi connectivity index (χ4v) is 2.81. The number of nitrogen functional groups attached to an aromatic ring is 1. The molecule has 1 saturated heterocycles. The van der Waals surface area contributed by atoms with E-state index in [1.165, 1.54) is 6.07 Å². The molecule has 2 aromatic rings. The zero-order chi connectivity index (χ0) is 17.4. The first kappa shape index (κ1) is 16.1. The highest BCUT2D eigenvalue weighted by Gasteiger charge is 2.26. The van der Waals surface area contributed by atoms with Gasteiger partial charge in [0.05, 0.1) is 23.3 Å². The second kappa shape index (κ2) is 6.04. The van der Waals surface area contributed by atoms with Crippen molar-refractivity contribution in [3.63, 3.8) is 0 Å². The molecule has 0 aromatic carbocycles. The van der Waals surface area contributed by atoms with Crippen LogP contribution in [0.4, 0.5) is 21.7 Å². The number of rotatable bonds is 3. The van der Waals surface area contributed by atoms with Gasteiger partial charge in [-0.2, -0.15) is 5.10 Å². The van der Waals surface area contributed by atoms with Crippen LogP contribution in [0.2, 0.25) is 0 Å². The molecule has 2 N–H and O–H groups in total. The summed E-state index contributed by atoms with van der Waals surface area (Å²) < 4.78 is 20.2. The van der Waals surface area contributed by atoms with Gasteiger partial charge in [-0.3, -0.25) is 10.1 Å². The Labute approximate surface area is 137 Å². The van der Waals surface area contributed by atoms with Crippen molar-refractivity contribution in [2.45, 2.75) is 26.1 Å². The molecule has 0 bridgehead atoms. The Bertz CT molecular complexity index is 770. The number of nitro groups is 1. The Balaban J connectivity index is 2.06. The predicted octanol–water partition coefficient (Wildman–Crippen LogP) is 1.51. The van der Waals surface area contributed by atoms with Crippen LogP contribution in [-0.4, -0.2) is 45.0 Å². The van der Waals surface area contributed by atoms with Gasteiger partial charge in [0.2, 0.25) is 0 Å². The minimum absolute atomic E-state index is 0.00130. The third kappa shape index (κ3) is 2.87. The third-order valence-electron chi connectivity index (χ3n) is 3.78. The van der Waals surface area contributed by atoms with Crippen molar-refractivity contribution in [3.05, 3.63) is 34.4 Å². The monoisotopic (exact) mass is 336 g/mol. The summed E-state index contributed by atoms with van der Waals surface area (Å²) >= 11 is 0. The smallest absolute Gasteiger partial charge is 0.313 e. The summed E-state index contributed by atoms with van der Waals surface area (Å²) in [5.41, 5.74) is 5.39. The molecule has 24 heavy (non-hydrogen) atoms. The summed E-state index contributed by atoms with van der Waals surface area (Å²) in [4.78, 5) is 16.8. The van der Waals surface area contributed by atoms with Gasteiger partial charge in [-0.05, 0) is 13.8 Å². The molecule has 10 heteroatoms. The van der Waals surface area contributed by atoms with E-state index in [9.17, 15) is 14.5 Å². The summed E-state index contributed by atoms with van der Waals surface area (Å²) in [5.74, 6) is -0.511. The zero-order valence-electron chi connectivity index (χ0n) is 13.2. The number of halogens is 1. The molecular weight excluding hydrogens is 319 g/mol. The highest BCUT2D eigenvalue weighted by Crippen LogP contribution is 2.29. The molecule has 3 rings (SSSR count). The number of hydrogen-bond acceptors (Lipinski definition) is 7. The lowest BCUT2D eigenvalue weighted by Gasteiger charge is -2.36. The molecule has 2 atom stereocenters. The Morgan fingerprint density at radius 1 is 1.38 bits per heavy atom. The van der Waals surface area contributed by atoms with Crippen molar-refractivity contribution in [1.82, 2.24) is 14.8 Å². The summed E-state index contributed by atoms with van der Waals surface area (Å²) in [6.45, 7) is 5.07. The number of nitrogens with two attached hydrogens (primary N) is 1. The summed E-state index contributed by atoms with van der Waals surface area (Å²) in [6.07, 6.45) is 2.05. The number of morpholine rings is 1. The van der Waals surface area contributed by atoms with Crippen LogP contribution in [0.5, 0.6) is 0 Å². The van der Waals surface area contributed by atoms with Gasteiger partial charge < -0.3 is 15.4 Å². The third-order valence-corrected chi connectivity index (χ3v) is 3.78. The quantitative estimate of drug-likeness (QED) is 0.667. The molecular formula is C14H17FN6O3. The molecule has 1 aliphatic rings. The zero-order valence-corrected chi connectivity index (χ0v) is 13.2. The van der Waals surface area contributed by atoms with Crippen LogP contribution in [0.1, 0.15) is 13.8 Å². The van der Waals surface area contributed by atoms with Gasteiger partial charge in [0.1, 0.15) is 17.7 Å². The van der Waals surface area contributed by atoms with Crippen LogP contribution in [0.25, 0.3) is 5.69 Å². The lowest BCUT2D eigenvalue weighted by Crippen LogP contribution is -2.45. The van der Waals surface area contributed by atoms with Crippen molar-refractivity contribution in [1.29, 1.82) is 0 Å². The molecule has 0 unspecified atom stereocenters. The predicted molar refractivity (Wildman–Crippen MR) is 84.6 cm³/mol. The molecule has 3 heterocycles. The van der Waals surface area contributed by atoms with E-state index in [1.54, 1.807) is 0 Å². The Kier molecular flexibility index (Phi) is 4.06. The first-order chi connectivity index (χ1) is 11.4. The van der Waals surface area contributed by atoms with E-state index in [-0.39, 0.29) is 29.4 Å². The number of pyridine rings is 1. The van der Waals surface area contributed by atoms with E-state index in [1.807, 2.05) is 18.7 Å². The van der Waals surface area contributed by atoms with E-state index >= 15 is 0 Å². The Morgan fingerprint density at radius 2 is 2.04 bits per heavy atom. The second-order valence-corrected chi connectivity index (χ2v) is 5.74. The average Bonchev–Trinajstić information content (AvgIpc) is 2.85. The van der Waals surface area contributed by atoms with E-state index in [2.05, 4.69) is 10.1 Å². The number of hydrogen-bond donors (Lipinski definition) is 1. The van der Waals surface area contributed by atoms with Crippen LogP contribution < -0.4 is 10.6 Å². The SMILES string of the molecule is C[C@H]1CN(c2cc(-n3ncc(F)c3N)c([N+](=O)[O-])cn2)C[C@H](C)O1. The Hall–Kier alpha value is -2.75. The number of ether oxygens (including phenoxy) is 1. The van der Waals surface area contributed by atoms with E-state index < -0.39 is 10.7 Å². The minimum atomic E-state index is -0.740. The summed E-state index contributed by atoms with van der Waals surface area (Å²) in [7, 11) is 0. The number of nitrogens with zero attached hydrogens (tertiary/aromatic N) is 5. The molecule has 128 valence electrons. The normalized spacial score (nSPS) is 21.0. The molecule has 1 aliphatic heterocycles. The van der Waals surface area contributed by atoms with Gasteiger partial charge in [0.15, 0.2) is 11.6 Å². The highest BCUT2D eigenvalue weighted by molar-refractivity contribution is 5.60. The van der Waals surface area contributed by atoms with Crippen LogP contribution in [0.3, 0.4) is 0 Å². The molecule has 0 spiro atoms. The van der Waals surface area contributed by atoms with Gasteiger partial charge in [-0.1, -0.05) is 0 Å². The fraction of sp³-hybridized carbons (Fsp3) is 0.429. The summed E-state index contributed by atoms with van der Waals surface area (Å²) in [5, 5.41) is 15.0. The van der Waals surface area contributed by atoms with Crippen molar-refractivity contribution < 1.29 is 14.1 Å². The molecule has 2 aromatic heterocycles.